The van der Waals surface area contributed by atoms with Gasteiger partial charge < -0.3 is 10.6 Å². The van der Waals surface area contributed by atoms with Crippen LogP contribution in [0.2, 0.25) is 0 Å². The molecule has 1 aromatic carbocycles. The van der Waals surface area contributed by atoms with E-state index in [0.717, 1.165) is 16.3 Å². The van der Waals surface area contributed by atoms with Crippen LogP contribution in [-0.4, -0.2) is 33.2 Å². The lowest BCUT2D eigenvalue weighted by molar-refractivity contribution is 0.0943. The summed E-state index contributed by atoms with van der Waals surface area (Å²) < 4.78 is 1.67. The molecule has 0 fully saturated rings. The number of rotatable bonds is 6. The fraction of sp³-hybridized carbons (Fsp3) is 0.182. The number of carbonyl (C=O) groups excluding carboxylic acids is 2. The first-order chi connectivity index (χ1) is 14.6. The summed E-state index contributed by atoms with van der Waals surface area (Å²) in [5.41, 5.74) is 3.84. The number of hydrogen-bond donors (Lipinski definition) is 2. The highest BCUT2D eigenvalue weighted by Crippen LogP contribution is 2.23. The first kappa shape index (κ1) is 19.8. The van der Waals surface area contributed by atoms with Gasteiger partial charge in [-0.1, -0.05) is 37.3 Å². The van der Waals surface area contributed by atoms with Crippen LogP contribution in [-0.2, 0) is 13.0 Å². The van der Waals surface area contributed by atoms with Gasteiger partial charge in [-0.05, 0) is 18.6 Å². The predicted octanol–water partition coefficient (Wildman–Crippen LogP) is 3.31. The van der Waals surface area contributed by atoms with E-state index in [0.29, 0.717) is 35.6 Å². The Balaban J connectivity index is 1.56. The Kier molecular flexibility index (Phi) is 5.58. The van der Waals surface area contributed by atoms with Crippen molar-refractivity contribution in [1.29, 1.82) is 0 Å². The Bertz CT molecular complexity index is 1210. The van der Waals surface area contributed by atoms with E-state index in [2.05, 4.69) is 20.6 Å². The third-order valence-corrected chi connectivity index (χ3v) is 5.69. The summed E-state index contributed by atoms with van der Waals surface area (Å²) in [7, 11) is 1.58. The molecule has 0 aliphatic heterocycles. The zero-order chi connectivity index (χ0) is 21.1. The van der Waals surface area contributed by atoms with Crippen molar-refractivity contribution in [2.45, 2.75) is 19.9 Å². The van der Waals surface area contributed by atoms with Crippen LogP contribution in [0.3, 0.4) is 0 Å². The Morgan fingerprint density at radius 2 is 1.87 bits per heavy atom. The minimum Gasteiger partial charge on any atom is -0.354 e. The first-order valence-corrected chi connectivity index (χ1v) is 10.5. The highest BCUT2D eigenvalue weighted by atomic mass is 32.1. The molecular formula is C22H21N5O2S. The predicted molar refractivity (Wildman–Crippen MR) is 117 cm³/mol. The molecule has 0 bridgehead atoms. The van der Waals surface area contributed by atoms with Crippen LogP contribution in [0.4, 0.5) is 0 Å². The topological polar surface area (TPSA) is 88.4 Å². The number of carbonyl (C=O) groups is 2. The second kappa shape index (κ2) is 8.46. The summed E-state index contributed by atoms with van der Waals surface area (Å²) in [6.07, 6.45) is 2.34. The highest BCUT2D eigenvalue weighted by molar-refractivity contribution is 7.13. The van der Waals surface area contributed by atoms with Gasteiger partial charge in [0.2, 0.25) is 0 Å². The van der Waals surface area contributed by atoms with Crippen molar-refractivity contribution in [3.05, 3.63) is 76.7 Å². The Hall–Kier alpha value is -3.52. The highest BCUT2D eigenvalue weighted by Gasteiger charge is 2.21. The van der Waals surface area contributed by atoms with E-state index in [1.165, 1.54) is 0 Å². The second-order valence-corrected chi connectivity index (χ2v) is 7.51. The monoisotopic (exact) mass is 419 g/mol. The first-order valence-electron chi connectivity index (χ1n) is 9.62. The van der Waals surface area contributed by atoms with Crippen LogP contribution >= 0.6 is 11.3 Å². The van der Waals surface area contributed by atoms with Gasteiger partial charge in [0.15, 0.2) is 5.65 Å². The molecule has 0 saturated heterocycles. The number of nitrogens with one attached hydrogen (secondary N) is 2. The zero-order valence-electron chi connectivity index (χ0n) is 16.7. The van der Waals surface area contributed by atoms with Gasteiger partial charge in [0, 0.05) is 24.2 Å². The molecule has 2 N–H and O–H groups in total. The molecule has 30 heavy (non-hydrogen) atoms. The molecule has 2 amide bonds. The Labute approximate surface area is 177 Å². The molecule has 0 unspecified atom stereocenters. The standard InChI is InChI=1S/C22H21N5O2S/c1-3-17-18(21(29)23-2)27-11-7-10-16(19(27)26-17)20(28)24-12-15-13-30-22(25-15)14-8-5-4-6-9-14/h4-11,13H,3,12H2,1-2H3,(H,23,29)(H,24,28). The third kappa shape index (κ3) is 3.69. The number of pyridine rings is 1. The lowest BCUT2D eigenvalue weighted by Crippen LogP contribution is -2.24. The molecule has 4 aromatic rings. The molecule has 0 atom stereocenters. The molecule has 0 radical (unpaired) electrons. The third-order valence-electron chi connectivity index (χ3n) is 4.75. The van der Waals surface area contributed by atoms with Crippen molar-refractivity contribution in [3.8, 4) is 10.6 Å². The van der Waals surface area contributed by atoms with Crippen LogP contribution in [0, 0.1) is 0 Å². The van der Waals surface area contributed by atoms with E-state index in [9.17, 15) is 9.59 Å². The van der Waals surface area contributed by atoms with Gasteiger partial charge in [-0.2, -0.15) is 0 Å². The summed E-state index contributed by atoms with van der Waals surface area (Å²) in [5.74, 6) is -0.487. The maximum Gasteiger partial charge on any atom is 0.269 e. The van der Waals surface area contributed by atoms with E-state index >= 15 is 0 Å². The molecule has 152 valence electrons. The quantitative estimate of drug-likeness (QED) is 0.502. The Morgan fingerprint density at radius 1 is 1.07 bits per heavy atom. The number of benzene rings is 1. The van der Waals surface area contributed by atoms with Crippen molar-refractivity contribution in [2.24, 2.45) is 0 Å². The zero-order valence-corrected chi connectivity index (χ0v) is 17.5. The molecule has 0 aliphatic carbocycles. The van der Waals surface area contributed by atoms with Gasteiger partial charge in [-0.15, -0.1) is 11.3 Å². The van der Waals surface area contributed by atoms with Crippen molar-refractivity contribution in [2.75, 3.05) is 7.05 Å². The van der Waals surface area contributed by atoms with E-state index in [4.69, 9.17) is 0 Å². The molecule has 8 heteroatoms. The van der Waals surface area contributed by atoms with Crippen LogP contribution < -0.4 is 10.6 Å². The van der Waals surface area contributed by atoms with Crippen molar-refractivity contribution in [3.63, 3.8) is 0 Å². The van der Waals surface area contributed by atoms with Gasteiger partial charge in [-0.3, -0.25) is 14.0 Å². The number of aromatic nitrogens is 3. The molecule has 3 heterocycles. The number of imidazole rings is 1. The molecule has 0 aliphatic rings. The maximum atomic E-state index is 12.9. The largest absolute Gasteiger partial charge is 0.354 e. The van der Waals surface area contributed by atoms with Crippen molar-refractivity contribution >= 4 is 28.8 Å². The van der Waals surface area contributed by atoms with E-state index in [-0.39, 0.29) is 11.8 Å². The summed E-state index contributed by atoms with van der Waals surface area (Å²) in [6.45, 7) is 2.24. The van der Waals surface area contributed by atoms with E-state index in [1.807, 2.05) is 42.6 Å². The van der Waals surface area contributed by atoms with E-state index in [1.54, 1.807) is 41.1 Å². The fourth-order valence-electron chi connectivity index (χ4n) is 3.26. The summed E-state index contributed by atoms with van der Waals surface area (Å²) in [5, 5.41) is 8.41. The molecule has 3 aromatic heterocycles. The number of nitrogens with zero attached hydrogens (tertiary/aromatic N) is 3. The lowest BCUT2D eigenvalue weighted by Gasteiger charge is -2.06. The van der Waals surface area contributed by atoms with Gasteiger partial charge in [-0.25, -0.2) is 9.97 Å². The lowest BCUT2D eigenvalue weighted by atomic mass is 10.2. The number of fused-ring (bicyclic) bond motifs is 1. The normalized spacial score (nSPS) is 10.9. The molecule has 0 spiro atoms. The van der Waals surface area contributed by atoms with Crippen molar-refractivity contribution in [1.82, 2.24) is 25.0 Å². The molecule has 7 nitrogen and oxygen atoms in total. The van der Waals surface area contributed by atoms with Crippen molar-refractivity contribution < 1.29 is 9.59 Å². The number of amides is 2. The average molecular weight is 420 g/mol. The Morgan fingerprint density at radius 3 is 2.60 bits per heavy atom. The summed E-state index contributed by atoms with van der Waals surface area (Å²) in [6, 6.07) is 13.4. The smallest absolute Gasteiger partial charge is 0.269 e. The minimum atomic E-state index is -0.258. The second-order valence-electron chi connectivity index (χ2n) is 6.65. The van der Waals surface area contributed by atoms with E-state index < -0.39 is 0 Å². The summed E-state index contributed by atoms with van der Waals surface area (Å²) >= 11 is 1.54. The number of thiazole rings is 1. The van der Waals surface area contributed by atoms with Gasteiger partial charge in [0.05, 0.1) is 23.5 Å². The minimum absolute atomic E-state index is 0.229. The van der Waals surface area contributed by atoms with Crippen LogP contribution in [0.5, 0.6) is 0 Å². The van der Waals surface area contributed by atoms with Gasteiger partial charge in [0.1, 0.15) is 10.7 Å². The number of aryl methyl sites for hydroxylation is 1. The molecule has 4 rings (SSSR count). The maximum absolute atomic E-state index is 12.9. The van der Waals surface area contributed by atoms with Gasteiger partial charge in [0.25, 0.3) is 11.8 Å². The van der Waals surface area contributed by atoms with Crippen LogP contribution in [0.25, 0.3) is 16.2 Å². The van der Waals surface area contributed by atoms with Gasteiger partial charge >= 0.3 is 0 Å². The fourth-order valence-corrected chi connectivity index (χ4v) is 4.09. The van der Waals surface area contributed by atoms with Crippen LogP contribution in [0.1, 0.15) is 39.2 Å². The summed E-state index contributed by atoms with van der Waals surface area (Å²) in [4.78, 5) is 34.3. The average Bonchev–Trinajstić information content (AvgIpc) is 3.42. The molecule has 0 saturated carbocycles. The van der Waals surface area contributed by atoms with Crippen LogP contribution in [0.15, 0.2) is 54.0 Å². The SMILES string of the molecule is CCc1nc2c(C(=O)NCc3csc(-c4ccccc4)n3)cccn2c1C(=O)NC. The molecular weight excluding hydrogens is 398 g/mol. The number of hydrogen-bond acceptors (Lipinski definition) is 5.